The molecule has 1 fully saturated rings. The van der Waals surface area contributed by atoms with E-state index in [1.54, 1.807) is 22.9 Å². The Balaban J connectivity index is 1.79. The van der Waals surface area contributed by atoms with E-state index in [-0.39, 0.29) is 17.8 Å². The molecule has 122 valence electrons. The molecule has 1 aromatic carbocycles. The third-order valence-corrected chi connectivity index (χ3v) is 4.13. The summed E-state index contributed by atoms with van der Waals surface area (Å²) in [6.45, 7) is 0. The van der Waals surface area contributed by atoms with Crippen LogP contribution in [0.25, 0.3) is 17.1 Å². The van der Waals surface area contributed by atoms with Gasteiger partial charge in [-0.05, 0) is 55.3 Å². The minimum absolute atomic E-state index is 0.158. The van der Waals surface area contributed by atoms with Gasteiger partial charge < -0.3 is 9.88 Å². The number of carbonyl (C=O) groups excluding carboxylic acids is 1. The number of halogens is 1. The maximum Gasteiger partial charge on any atom is 0.270 e. The summed E-state index contributed by atoms with van der Waals surface area (Å²) in [5.41, 5.74) is 2.71. The van der Waals surface area contributed by atoms with Crippen molar-refractivity contribution >= 4 is 5.91 Å². The number of nitrogens with zero attached hydrogens (tertiary/aromatic N) is 3. The summed E-state index contributed by atoms with van der Waals surface area (Å²) in [5, 5.41) is 7.56. The Morgan fingerprint density at radius 3 is 2.62 bits per heavy atom. The average molecular weight is 324 g/mol. The second kappa shape index (κ2) is 5.63. The molecule has 4 rings (SSSR count). The smallest absolute Gasteiger partial charge is 0.270 e. The Morgan fingerprint density at radius 2 is 2.00 bits per heavy atom. The van der Waals surface area contributed by atoms with Gasteiger partial charge in [-0.15, -0.1) is 0 Å². The summed E-state index contributed by atoms with van der Waals surface area (Å²) >= 11 is 0. The zero-order valence-corrected chi connectivity index (χ0v) is 13.2. The van der Waals surface area contributed by atoms with Gasteiger partial charge in [0.05, 0.1) is 11.4 Å². The quantitative estimate of drug-likeness (QED) is 0.802. The number of carbonyl (C=O) groups is 1. The van der Waals surface area contributed by atoms with Gasteiger partial charge in [0.25, 0.3) is 5.91 Å². The first-order valence-electron chi connectivity index (χ1n) is 7.90. The summed E-state index contributed by atoms with van der Waals surface area (Å²) in [6.07, 6.45) is 3.96. The second-order valence-electron chi connectivity index (χ2n) is 6.06. The monoisotopic (exact) mass is 324 g/mol. The van der Waals surface area contributed by atoms with Crippen LogP contribution in [0.15, 0.2) is 48.7 Å². The molecule has 0 atom stereocenters. The van der Waals surface area contributed by atoms with Crippen LogP contribution in [0.3, 0.4) is 0 Å². The Bertz CT molecular complexity index is 890. The Hall–Kier alpha value is -2.89. The summed E-state index contributed by atoms with van der Waals surface area (Å²) in [4.78, 5) is 12.6. The number of nitrogens with one attached hydrogen (secondary N) is 1. The van der Waals surface area contributed by atoms with Crippen molar-refractivity contribution in [2.45, 2.75) is 18.9 Å². The molecule has 1 N–H and O–H groups in total. The molecule has 0 spiro atoms. The Labute approximate surface area is 138 Å². The molecule has 24 heavy (non-hydrogen) atoms. The number of benzene rings is 1. The first-order valence-corrected chi connectivity index (χ1v) is 7.90. The molecule has 1 amide bonds. The van der Waals surface area contributed by atoms with Crippen molar-refractivity contribution in [1.29, 1.82) is 0 Å². The molecule has 0 unspecified atom stereocenters. The van der Waals surface area contributed by atoms with Crippen LogP contribution in [-0.2, 0) is 7.05 Å². The van der Waals surface area contributed by atoms with E-state index >= 15 is 0 Å². The zero-order chi connectivity index (χ0) is 16.7. The molecule has 2 heterocycles. The fourth-order valence-corrected chi connectivity index (χ4v) is 2.66. The predicted molar refractivity (Wildman–Crippen MR) is 88.4 cm³/mol. The SMILES string of the molecule is Cn1cccc1-c1cc(C(=O)NC2CC2)n(-c2ccc(F)cc2)n1. The standard InChI is InChI=1S/C18H17FN4O/c1-22-10-2-3-16(22)15-11-17(18(24)20-13-6-7-13)23(21-15)14-8-4-12(19)5-9-14/h2-5,8-11,13H,6-7H2,1H3,(H,20,24). The number of amides is 1. The lowest BCUT2D eigenvalue weighted by atomic mass is 10.2. The van der Waals surface area contributed by atoms with Gasteiger partial charge in [-0.2, -0.15) is 5.10 Å². The third kappa shape index (κ3) is 2.71. The van der Waals surface area contributed by atoms with Gasteiger partial charge in [0, 0.05) is 19.3 Å². The molecule has 1 aliphatic rings. The molecule has 0 bridgehead atoms. The van der Waals surface area contributed by atoms with E-state index in [0.29, 0.717) is 17.1 Å². The normalized spacial score (nSPS) is 13.9. The maximum absolute atomic E-state index is 13.2. The number of hydrogen-bond acceptors (Lipinski definition) is 2. The van der Waals surface area contributed by atoms with E-state index in [1.807, 2.05) is 29.9 Å². The third-order valence-electron chi connectivity index (χ3n) is 4.13. The minimum Gasteiger partial charge on any atom is -0.349 e. The first kappa shape index (κ1) is 14.7. The van der Waals surface area contributed by atoms with Crippen LogP contribution in [0.5, 0.6) is 0 Å². The molecule has 0 radical (unpaired) electrons. The van der Waals surface area contributed by atoms with Crippen LogP contribution in [0.4, 0.5) is 4.39 Å². The lowest BCUT2D eigenvalue weighted by Crippen LogP contribution is -2.27. The molecular weight excluding hydrogens is 307 g/mol. The van der Waals surface area contributed by atoms with Gasteiger partial charge in [-0.3, -0.25) is 4.79 Å². The summed E-state index contributed by atoms with van der Waals surface area (Å²) in [6, 6.07) is 11.9. The highest BCUT2D eigenvalue weighted by atomic mass is 19.1. The van der Waals surface area contributed by atoms with Gasteiger partial charge in [0.1, 0.15) is 17.2 Å². The van der Waals surface area contributed by atoms with Crippen molar-refractivity contribution in [1.82, 2.24) is 19.7 Å². The first-order chi connectivity index (χ1) is 11.6. The second-order valence-corrected chi connectivity index (χ2v) is 6.06. The molecular formula is C18H17FN4O. The lowest BCUT2D eigenvalue weighted by molar-refractivity contribution is 0.0943. The number of hydrogen-bond donors (Lipinski definition) is 1. The highest BCUT2D eigenvalue weighted by Gasteiger charge is 2.26. The average Bonchev–Trinajstić information content (AvgIpc) is 3.10. The fraction of sp³-hybridized carbons (Fsp3) is 0.222. The Kier molecular flexibility index (Phi) is 3.45. The van der Waals surface area contributed by atoms with Crippen LogP contribution < -0.4 is 5.32 Å². The minimum atomic E-state index is -0.322. The molecule has 3 aromatic rings. The van der Waals surface area contributed by atoms with Gasteiger partial charge in [-0.1, -0.05) is 0 Å². The Morgan fingerprint density at radius 1 is 1.25 bits per heavy atom. The summed E-state index contributed by atoms with van der Waals surface area (Å²) < 4.78 is 16.7. The van der Waals surface area contributed by atoms with Crippen molar-refractivity contribution < 1.29 is 9.18 Å². The summed E-state index contributed by atoms with van der Waals surface area (Å²) in [7, 11) is 1.93. The van der Waals surface area contributed by atoms with Gasteiger partial charge in [0.2, 0.25) is 0 Å². The van der Waals surface area contributed by atoms with E-state index in [4.69, 9.17) is 0 Å². The van der Waals surface area contributed by atoms with Gasteiger partial charge in [-0.25, -0.2) is 9.07 Å². The molecule has 0 saturated heterocycles. The predicted octanol–water partition coefficient (Wildman–Crippen LogP) is 2.91. The van der Waals surface area contributed by atoms with Crippen molar-refractivity contribution in [3.05, 3.63) is 60.2 Å². The van der Waals surface area contributed by atoms with E-state index < -0.39 is 0 Å². The fourth-order valence-electron chi connectivity index (χ4n) is 2.66. The van der Waals surface area contributed by atoms with Crippen LogP contribution >= 0.6 is 0 Å². The molecule has 5 nitrogen and oxygen atoms in total. The van der Waals surface area contributed by atoms with Crippen LogP contribution in [0, 0.1) is 5.82 Å². The van der Waals surface area contributed by atoms with Gasteiger partial charge >= 0.3 is 0 Å². The number of aryl methyl sites for hydroxylation is 1. The molecule has 6 heteroatoms. The zero-order valence-electron chi connectivity index (χ0n) is 13.2. The largest absolute Gasteiger partial charge is 0.349 e. The van der Waals surface area contributed by atoms with E-state index in [2.05, 4.69) is 10.4 Å². The molecule has 1 saturated carbocycles. The number of aromatic nitrogens is 3. The van der Waals surface area contributed by atoms with E-state index in [0.717, 1.165) is 18.5 Å². The highest BCUT2D eigenvalue weighted by molar-refractivity contribution is 5.94. The highest BCUT2D eigenvalue weighted by Crippen LogP contribution is 2.24. The van der Waals surface area contributed by atoms with Crippen molar-refractivity contribution in [2.75, 3.05) is 0 Å². The van der Waals surface area contributed by atoms with Crippen LogP contribution in [0.2, 0.25) is 0 Å². The van der Waals surface area contributed by atoms with Crippen molar-refractivity contribution in [3.63, 3.8) is 0 Å². The molecule has 1 aliphatic carbocycles. The lowest BCUT2D eigenvalue weighted by Gasteiger charge is -2.07. The van der Waals surface area contributed by atoms with Crippen LogP contribution in [0.1, 0.15) is 23.3 Å². The molecule has 2 aromatic heterocycles. The van der Waals surface area contributed by atoms with E-state index in [9.17, 15) is 9.18 Å². The summed E-state index contributed by atoms with van der Waals surface area (Å²) in [5.74, 6) is -0.479. The maximum atomic E-state index is 13.2. The van der Waals surface area contributed by atoms with Crippen molar-refractivity contribution in [3.8, 4) is 17.1 Å². The van der Waals surface area contributed by atoms with Gasteiger partial charge in [0.15, 0.2) is 0 Å². The van der Waals surface area contributed by atoms with Crippen LogP contribution in [-0.4, -0.2) is 26.3 Å². The van der Waals surface area contributed by atoms with Crippen molar-refractivity contribution in [2.24, 2.45) is 7.05 Å². The topological polar surface area (TPSA) is 51.9 Å². The van der Waals surface area contributed by atoms with E-state index in [1.165, 1.54) is 12.1 Å². The molecule has 0 aliphatic heterocycles. The number of rotatable bonds is 4.